The number of nitrogens with zero attached hydrogens (tertiary/aromatic N) is 2. The van der Waals surface area contributed by atoms with Crippen LogP contribution < -0.4 is 10.5 Å². The van der Waals surface area contributed by atoms with E-state index in [0.29, 0.717) is 12.4 Å². The summed E-state index contributed by atoms with van der Waals surface area (Å²) in [6.45, 7) is 2.33. The van der Waals surface area contributed by atoms with Gasteiger partial charge in [-0.1, -0.05) is 12.1 Å². The zero-order valence-electron chi connectivity index (χ0n) is 9.71. The Hall–Kier alpha value is -1.94. The van der Waals surface area contributed by atoms with Gasteiger partial charge in [0.2, 0.25) is 0 Å². The van der Waals surface area contributed by atoms with Gasteiger partial charge in [0, 0.05) is 18.4 Å². The van der Waals surface area contributed by atoms with E-state index in [2.05, 4.69) is 9.97 Å². The van der Waals surface area contributed by atoms with Gasteiger partial charge in [0.15, 0.2) is 5.82 Å². The Kier molecular flexibility index (Phi) is 3.67. The monoisotopic (exact) mass is 229 g/mol. The van der Waals surface area contributed by atoms with Crippen LogP contribution in [0.15, 0.2) is 42.7 Å². The molecule has 0 aliphatic carbocycles. The van der Waals surface area contributed by atoms with Crippen molar-refractivity contribution in [3.05, 3.63) is 54.1 Å². The van der Waals surface area contributed by atoms with E-state index in [4.69, 9.17) is 10.5 Å². The molecular weight excluding hydrogens is 214 g/mol. The highest BCUT2D eigenvalue weighted by Gasteiger charge is 2.00. The number of aromatic nitrogens is 2. The van der Waals surface area contributed by atoms with Crippen molar-refractivity contribution in [3.8, 4) is 5.75 Å². The van der Waals surface area contributed by atoms with Crippen LogP contribution in [0.1, 0.15) is 24.4 Å². The minimum absolute atomic E-state index is 0.0431. The van der Waals surface area contributed by atoms with Crippen LogP contribution in [-0.2, 0) is 6.61 Å². The van der Waals surface area contributed by atoms with E-state index in [9.17, 15) is 0 Å². The molecule has 0 radical (unpaired) electrons. The summed E-state index contributed by atoms with van der Waals surface area (Å²) in [6.07, 6.45) is 3.40. The maximum absolute atomic E-state index is 5.77. The minimum Gasteiger partial charge on any atom is -0.486 e. The third-order valence-electron chi connectivity index (χ3n) is 2.39. The fourth-order valence-electron chi connectivity index (χ4n) is 1.42. The Morgan fingerprint density at radius 3 is 2.41 bits per heavy atom. The molecule has 2 rings (SSSR count). The fourth-order valence-corrected chi connectivity index (χ4v) is 1.42. The second-order valence-corrected chi connectivity index (χ2v) is 3.81. The van der Waals surface area contributed by atoms with E-state index in [-0.39, 0.29) is 6.04 Å². The number of ether oxygens (including phenoxy) is 1. The summed E-state index contributed by atoms with van der Waals surface area (Å²) in [5.74, 6) is 1.46. The lowest BCUT2D eigenvalue weighted by molar-refractivity contribution is 0.295. The van der Waals surface area contributed by atoms with Crippen LogP contribution in [0, 0.1) is 0 Å². The number of hydrogen-bond acceptors (Lipinski definition) is 4. The van der Waals surface area contributed by atoms with E-state index in [0.717, 1.165) is 11.3 Å². The highest BCUT2D eigenvalue weighted by atomic mass is 16.5. The molecule has 0 fully saturated rings. The molecule has 2 aromatic rings. The Balaban J connectivity index is 1.96. The molecule has 1 heterocycles. The summed E-state index contributed by atoms with van der Waals surface area (Å²) in [5.41, 5.74) is 6.86. The third-order valence-corrected chi connectivity index (χ3v) is 2.39. The molecule has 0 aliphatic heterocycles. The second-order valence-electron chi connectivity index (χ2n) is 3.81. The van der Waals surface area contributed by atoms with Gasteiger partial charge in [0.25, 0.3) is 0 Å². The Labute approximate surface area is 100 Å². The smallest absolute Gasteiger partial charge is 0.166 e. The van der Waals surface area contributed by atoms with Gasteiger partial charge in [-0.05, 0) is 30.7 Å². The molecule has 1 aromatic heterocycles. The van der Waals surface area contributed by atoms with Crippen LogP contribution >= 0.6 is 0 Å². The molecule has 88 valence electrons. The first-order valence-electron chi connectivity index (χ1n) is 5.50. The maximum Gasteiger partial charge on any atom is 0.166 e. The predicted octanol–water partition coefficient (Wildman–Crippen LogP) is 2.08. The van der Waals surface area contributed by atoms with Gasteiger partial charge in [-0.3, -0.25) is 0 Å². The van der Waals surface area contributed by atoms with Crippen LogP contribution in [0.4, 0.5) is 0 Å². The van der Waals surface area contributed by atoms with Crippen molar-refractivity contribution in [1.82, 2.24) is 9.97 Å². The third kappa shape index (κ3) is 3.26. The normalized spacial score (nSPS) is 12.1. The Morgan fingerprint density at radius 1 is 1.18 bits per heavy atom. The molecule has 17 heavy (non-hydrogen) atoms. The molecule has 0 saturated heterocycles. The van der Waals surface area contributed by atoms with Crippen molar-refractivity contribution in [2.24, 2.45) is 5.73 Å². The van der Waals surface area contributed by atoms with Gasteiger partial charge < -0.3 is 10.5 Å². The largest absolute Gasteiger partial charge is 0.486 e. The average Bonchev–Trinajstić information content (AvgIpc) is 2.38. The summed E-state index contributed by atoms with van der Waals surface area (Å²) in [4.78, 5) is 8.17. The molecular formula is C13H15N3O. The second kappa shape index (κ2) is 5.41. The van der Waals surface area contributed by atoms with Gasteiger partial charge in [-0.25, -0.2) is 9.97 Å². The van der Waals surface area contributed by atoms with Crippen LogP contribution in [0.5, 0.6) is 5.75 Å². The first-order valence-corrected chi connectivity index (χ1v) is 5.50. The lowest BCUT2D eigenvalue weighted by atomic mass is 10.1. The predicted molar refractivity (Wildman–Crippen MR) is 65.4 cm³/mol. The molecule has 2 N–H and O–H groups in total. The lowest BCUT2D eigenvalue weighted by Crippen LogP contribution is -2.05. The summed E-state index contributed by atoms with van der Waals surface area (Å²) < 4.78 is 5.56. The van der Waals surface area contributed by atoms with Gasteiger partial charge in [0.1, 0.15) is 12.4 Å². The van der Waals surface area contributed by atoms with Crippen LogP contribution in [0.2, 0.25) is 0 Å². The SMILES string of the molecule is CC(N)c1ccc(OCc2ncccn2)cc1. The highest BCUT2D eigenvalue weighted by Crippen LogP contribution is 2.16. The summed E-state index contributed by atoms with van der Waals surface area (Å²) in [5, 5.41) is 0. The van der Waals surface area contributed by atoms with Crippen LogP contribution in [0.3, 0.4) is 0 Å². The molecule has 0 amide bonds. The van der Waals surface area contributed by atoms with E-state index < -0.39 is 0 Å². The Morgan fingerprint density at radius 2 is 1.82 bits per heavy atom. The zero-order valence-corrected chi connectivity index (χ0v) is 9.71. The van der Waals surface area contributed by atoms with Crippen molar-refractivity contribution in [2.45, 2.75) is 19.6 Å². The van der Waals surface area contributed by atoms with Crippen LogP contribution in [-0.4, -0.2) is 9.97 Å². The van der Waals surface area contributed by atoms with Crippen molar-refractivity contribution < 1.29 is 4.74 Å². The zero-order chi connectivity index (χ0) is 12.1. The van der Waals surface area contributed by atoms with Gasteiger partial charge >= 0.3 is 0 Å². The quantitative estimate of drug-likeness (QED) is 0.871. The van der Waals surface area contributed by atoms with E-state index >= 15 is 0 Å². The number of benzene rings is 1. The Bertz CT molecular complexity index is 454. The lowest BCUT2D eigenvalue weighted by Gasteiger charge is -2.08. The van der Waals surface area contributed by atoms with Gasteiger partial charge in [0.05, 0.1) is 0 Å². The fraction of sp³-hybridized carbons (Fsp3) is 0.231. The van der Waals surface area contributed by atoms with Gasteiger partial charge in [-0.15, -0.1) is 0 Å². The van der Waals surface area contributed by atoms with E-state index in [1.54, 1.807) is 18.5 Å². The van der Waals surface area contributed by atoms with Gasteiger partial charge in [-0.2, -0.15) is 0 Å². The molecule has 0 saturated carbocycles. The molecule has 0 aliphatic rings. The van der Waals surface area contributed by atoms with Crippen molar-refractivity contribution in [1.29, 1.82) is 0 Å². The van der Waals surface area contributed by atoms with Crippen LogP contribution in [0.25, 0.3) is 0 Å². The van der Waals surface area contributed by atoms with Crippen molar-refractivity contribution in [3.63, 3.8) is 0 Å². The molecule has 0 spiro atoms. The maximum atomic E-state index is 5.77. The highest BCUT2D eigenvalue weighted by molar-refractivity contribution is 5.28. The first-order chi connectivity index (χ1) is 8.25. The molecule has 1 atom stereocenters. The summed E-state index contributed by atoms with van der Waals surface area (Å²) in [7, 11) is 0. The molecule has 1 aromatic carbocycles. The average molecular weight is 229 g/mol. The minimum atomic E-state index is 0.0431. The standard InChI is InChI=1S/C13H15N3O/c1-10(14)11-3-5-12(6-4-11)17-9-13-15-7-2-8-16-13/h2-8,10H,9,14H2,1H3. The summed E-state index contributed by atoms with van der Waals surface area (Å²) >= 11 is 0. The number of rotatable bonds is 4. The molecule has 4 heteroatoms. The molecule has 1 unspecified atom stereocenters. The van der Waals surface area contributed by atoms with Crippen molar-refractivity contribution in [2.75, 3.05) is 0 Å². The first kappa shape index (κ1) is 11.5. The summed E-state index contributed by atoms with van der Waals surface area (Å²) in [6, 6.07) is 9.56. The number of hydrogen-bond donors (Lipinski definition) is 1. The van der Waals surface area contributed by atoms with Crippen molar-refractivity contribution >= 4 is 0 Å². The van der Waals surface area contributed by atoms with E-state index in [1.807, 2.05) is 31.2 Å². The molecule has 0 bridgehead atoms. The number of nitrogens with two attached hydrogens (primary N) is 1. The van der Waals surface area contributed by atoms with E-state index in [1.165, 1.54) is 0 Å². The molecule has 4 nitrogen and oxygen atoms in total. The topological polar surface area (TPSA) is 61.0 Å².